The third-order valence-electron chi connectivity index (χ3n) is 4.52. The van der Waals surface area contributed by atoms with E-state index in [9.17, 15) is 9.18 Å². The zero-order valence-electron chi connectivity index (χ0n) is 11.7. The van der Waals surface area contributed by atoms with Crippen molar-refractivity contribution in [1.29, 1.82) is 0 Å². The van der Waals surface area contributed by atoms with E-state index in [1.807, 2.05) is 7.05 Å². The smallest absolute Gasteiger partial charge is 0.240 e. The molecule has 0 saturated carbocycles. The molecule has 1 aromatic carbocycles. The second kappa shape index (κ2) is 4.01. The number of amides is 1. The van der Waals surface area contributed by atoms with Crippen molar-refractivity contribution in [3.63, 3.8) is 0 Å². The summed E-state index contributed by atoms with van der Waals surface area (Å²) < 4.78 is 14.1. The van der Waals surface area contributed by atoms with Crippen molar-refractivity contribution in [3.05, 3.63) is 34.2 Å². The number of hydrogen-bond acceptors (Lipinski definition) is 3. The molecule has 0 N–H and O–H groups in total. The first-order valence-corrected chi connectivity index (χ1v) is 7.48. The summed E-state index contributed by atoms with van der Waals surface area (Å²) in [7, 11) is 3.77. The van der Waals surface area contributed by atoms with Crippen molar-refractivity contribution < 1.29 is 9.18 Å². The predicted molar refractivity (Wildman–Crippen MR) is 82.0 cm³/mol. The molecule has 1 spiro atoms. The third kappa shape index (κ3) is 1.52. The summed E-state index contributed by atoms with van der Waals surface area (Å²) in [6.45, 7) is 1.38. The molecule has 108 valence electrons. The van der Waals surface area contributed by atoms with Crippen molar-refractivity contribution in [2.75, 3.05) is 32.1 Å². The molecule has 1 aromatic heterocycles. The van der Waals surface area contributed by atoms with Gasteiger partial charge in [0, 0.05) is 37.2 Å². The van der Waals surface area contributed by atoms with Crippen LogP contribution in [0.15, 0.2) is 22.8 Å². The molecule has 21 heavy (non-hydrogen) atoms. The zero-order valence-corrected chi connectivity index (χ0v) is 13.2. The lowest BCUT2D eigenvalue weighted by Gasteiger charge is -2.45. The summed E-state index contributed by atoms with van der Waals surface area (Å²) in [6, 6.07) is 3.15. The van der Waals surface area contributed by atoms with Crippen LogP contribution in [0.1, 0.15) is 5.56 Å². The first kappa shape index (κ1) is 13.2. The third-order valence-corrected chi connectivity index (χ3v) is 5.13. The summed E-state index contributed by atoms with van der Waals surface area (Å²) in [5.74, 6) is -0.238. The molecule has 0 unspecified atom stereocenters. The number of aromatic nitrogens is 1. The van der Waals surface area contributed by atoms with Gasteiger partial charge in [0.05, 0.1) is 21.9 Å². The Bertz CT molecular complexity index is 801. The molecule has 2 aromatic rings. The highest BCUT2D eigenvalue weighted by Crippen LogP contribution is 2.49. The van der Waals surface area contributed by atoms with Gasteiger partial charge in [0.2, 0.25) is 5.91 Å². The number of fused-ring (bicyclic) bond motifs is 4. The van der Waals surface area contributed by atoms with Gasteiger partial charge in [0.25, 0.3) is 0 Å². The monoisotopic (exact) mass is 349 g/mol. The number of hydrogen-bond donors (Lipinski definition) is 0. The van der Waals surface area contributed by atoms with Crippen LogP contribution in [0.3, 0.4) is 0 Å². The summed E-state index contributed by atoms with van der Waals surface area (Å²) >= 11 is 3.23. The number of carbonyl (C=O) groups is 1. The fourth-order valence-electron chi connectivity index (χ4n) is 3.64. The molecule has 3 heterocycles. The van der Waals surface area contributed by atoms with Crippen LogP contribution in [0.5, 0.6) is 0 Å². The standard InChI is InChI=1S/C15H13BrFN3O/c1-19-6-15(7-19)13-8-3-9(16)10(17)4-11(8)18-5-12(13)20(2)14(15)21/h3-5H,6-7H2,1-2H3. The zero-order chi connectivity index (χ0) is 14.9. The van der Waals surface area contributed by atoms with Gasteiger partial charge in [-0.05, 0) is 29.0 Å². The lowest BCUT2D eigenvalue weighted by atomic mass is 9.74. The van der Waals surface area contributed by atoms with Gasteiger partial charge in [-0.15, -0.1) is 0 Å². The maximum Gasteiger partial charge on any atom is 0.240 e. The topological polar surface area (TPSA) is 36.4 Å². The normalized spacial score (nSPS) is 20.2. The van der Waals surface area contributed by atoms with Crippen molar-refractivity contribution in [3.8, 4) is 0 Å². The van der Waals surface area contributed by atoms with Crippen LogP contribution in [0.4, 0.5) is 10.1 Å². The van der Waals surface area contributed by atoms with Crippen molar-refractivity contribution in [2.45, 2.75) is 5.41 Å². The number of carbonyl (C=O) groups excluding carboxylic acids is 1. The Hall–Kier alpha value is -1.53. The minimum absolute atomic E-state index is 0.102. The Morgan fingerprint density at radius 3 is 2.71 bits per heavy atom. The van der Waals surface area contributed by atoms with Gasteiger partial charge >= 0.3 is 0 Å². The number of anilines is 1. The molecule has 2 aliphatic heterocycles. The number of likely N-dealkylation sites (N-methyl/N-ethyl adjacent to an activating group) is 2. The maximum atomic E-state index is 13.7. The van der Waals surface area contributed by atoms with Gasteiger partial charge < -0.3 is 9.80 Å². The molecule has 1 amide bonds. The van der Waals surface area contributed by atoms with E-state index in [0.717, 1.165) is 16.6 Å². The molecular weight excluding hydrogens is 337 g/mol. The van der Waals surface area contributed by atoms with E-state index in [1.54, 1.807) is 24.2 Å². The summed E-state index contributed by atoms with van der Waals surface area (Å²) in [5.41, 5.74) is 1.90. The van der Waals surface area contributed by atoms with Gasteiger partial charge in [0.15, 0.2) is 0 Å². The highest BCUT2D eigenvalue weighted by molar-refractivity contribution is 9.10. The summed E-state index contributed by atoms with van der Waals surface area (Å²) in [4.78, 5) is 20.8. The lowest BCUT2D eigenvalue weighted by molar-refractivity contribution is -0.128. The van der Waals surface area contributed by atoms with Gasteiger partial charge in [-0.25, -0.2) is 4.39 Å². The quantitative estimate of drug-likeness (QED) is 0.732. The van der Waals surface area contributed by atoms with Crippen LogP contribution in [0, 0.1) is 5.82 Å². The molecule has 4 nitrogen and oxygen atoms in total. The average molecular weight is 350 g/mol. The van der Waals surface area contributed by atoms with Gasteiger partial charge in [-0.2, -0.15) is 0 Å². The van der Waals surface area contributed by atoms with Crippen LogP contribution in [-0.4, -0.2) is 43.0 Å². The first-order chi connectivity index (χ1) is 9.94. The van der Waals surface area contributed by atoms with E-state index in [4.69, 9.17) is 0 Å². The second-order valence-corrected chi connectivity index (χ2v) is 6.77. The van der Waals surface area contributed by atoms with Crippen LogP contribution in [0.2, 0.25) is 0 Å². The Labute approximate surface area is 129 Å². The van der Waals surface area contributed by atoms with Gasteiger partial charge in [-0.3, -0.25) is 9.78 Å². The molecule has 0 aliphatic carbocycles. The number of pyridine rings is 1. The second-order valence-electron chi connectivity index (χ2n) is 5.92. The van der Waals surface area contributed by atoms with E-state index < -0.39 is 5.41 Å². The van der Waals surface area contributed by atoms with Crippen molar-refractivity contribution in [2.24, 2.45) is 0 Å². The number of likely N-dealkylation sites (tertiary alicyclic amines) is 1. The Morgan fingerprint density at radius 1 is 1.33 bits per heavy atom. The van der Waals surface area contributed by atoms with Crippen molar-refractivity contribution >= 4 is 38.4 Å². The van der Waals surface area contributed by atoms with Crippen LogP contribution in [-0.2, 0) is 10.2 Å². The molecule has 0 bridgehead atoms. The Balaban J connectivity index is 2.07. The number of nitrogens with zero attached hydrogens (tertiary/aromatic N) is 3. The fraction of sp³-hybridized carbons (Fsp3) is 0.333. The lowest BCUT2D eigenvalue weighted by Crippen LogP contribution is -2.62. The van der Waals surface area contributed by atoms with Crippen molar-refractivity contribution in [1.82, 2.24) is 9.88 Å². The summed E-state index contributed by atoms with van der Waals surface area (Å²) in [6.07, 6.45) is 1.68. The minimum Gasteiger partial charge on any atom is -0.313 e. The molecule has 0 atom stereocenters. The molecule has 0 radical (unpaired) electrons. The molecule has 6 heteroatoms. The molecule has 4 rings (SSSR count). The fourth-order valence-corrected chi connectivity index (χ4v) is 3.98. The number of benzene rings is 1. The maximum absolute atomic E-state index is 13.7. The Morgan fingerprint density at radius 2 is 2.05 bits per heavy atom. The highest BCUT2D eigenvalue weighted by atomic mass is 79.9. The SMILES string of the molecule is CN1CC2(C1)C(=O)N(C)c1cnc3cc(F)c(Br)cc3c12. The molecule has 2 aliphatic rings. The van der Waals surface area contributed by atoms with E-state index in [1.165, 1.54) is 6.07 Å². The van der Waals surface area contributed by atoms with E-state index in [0.29, 0.717) is 23.1 Å². The minimum atomic E-state index is -0.503. The molecular formula is C15H13BrFN3O. The van der Waals surface area contributed by atoms with Crippen LogP contribution < -0.4 is 4.90 Å². The molecule has 1 fully saturated rings. The van der Waals surface area contributed by atoms with Gasteiger partial charge in [0.1, 0.15) is 11.2 Å². The predicted octanol–water partition coefficient (Wildman–Crippen LogP) is 2.30. The van der Waals surface area contributed by atoms with E-state index in [2.05, 4.69) is 25.8 Å². The van der Waals surface area contributed by atoms with E-state index in [-0.39, 0.29) is 11.7 Å². The van der Waals surface area contributed by atoms with E-state index >= 15 is 0 Å². The van der Waals surface area contributed by atoms with Crippen LogP contribution >= 0.6 is 15.9 Å². The van der Waals surface area contributed by atoms with Crippen LogP contribution in [0.25, 0.3) is 10.9 Å². The van der Waals surface area contributed by atoms with Gasteiger partial charge in [-0.1, -0.05) is 0 Å². The summed E-state index contributed by atoms with van der Waals surface area (Å²) in [5, 5.41) is 0.853. The largest absolute Gasteiger partial charge is 0.313 e. The average Bonchev–Trinajstić information content (AvgIpc) is 2.63. The first-order valence-electron chi connectivity index (χ1n) is 6.69. The molecule has 1 saturated heterocycles. The number of rotatable bonds is 0. The Kier molecular flexibility index (Phi) is 2.52. The highest BCUT2D eigenvalue weighted by Gasteiger charge is 2.57. The number of halogens is 2.